The molecule has 0 atom stereocenters. The van der Waals surface area contributed by atoms with Crippen LogP contribution in [0, 0.1) is 0 Å². The SMILES string of the molecule is C=C/C=c1/cc(-c2ccnc(CC)c2)cc(NC2CCNCC2)/c1=C/N. The third kappa shape index (κ3) is 4.14. The van der Waals surface area contributed by atoms with Crippen LogP contribution in [0.15, 0.2) is 43.1 Å². The number of pyridine rings is 1. The van der Waals surface area contributed by atoms with Crippen molar-refractivity contribution in [3.05, 3.63) is 59.2 Å². The molecule has 4 nitrogen and oxygen atoms in total. The van der Waals surface area contributed by atoms with Crippen LogP contribution in [-0.2, 0) is 6.42 Å². The summed E-state index contributed by atoms with van der Waals surface area (Å²) < 4.78 is 0. The summed E-state index contributed by atoms with van der Waals surface area (Å²) in [6.45, 7) is 8.08. The lowest BCUT2D eigenvalue weighted by molar-refractivity contribution is 0.479. The zero-order valence-electron chi connectivity index (χ0n) is 15.5. The number of aromatic nitrogens is 1. The molecule has 2 aromatic rings. The van der Waals surface area contributed by atoms with E-state index in [2.05, 4.69) is 53.4 Å². The summed E-state index contributed by atoms with van der Waals surface area (Å²) in [6, 6.07) is 9.06. The number of piperidine rings is 1. The van der Waals surface area contributed by atoms with Crippen molar-refractivity contribution in [2.75, 3.05) is 18.4 Å². The lowest BCUT2D eigenvalue weighted by Gasteiger charge is -2.25. The van der Waals surface area contributed by atoms with Crippen LogP contribution in [0.3, 0.4) is 0 Å². The molecule has 0 saturated carbocycles. The highest BCUT2D eigenvalue weighted by Crippen LogP contribution is 2.21. The Morgan fingerprint density at radius 2 is 2.08 bits per heavy atom. The fraction of sp³-hybridized carbons (Fsp3) is 0.318. The minimum atomic E-state index is 0.463. The monoisotopic (exact) mass is 348 g/mol. The van der Waals surface area contributed by atoms with Gasteiger partial charge >= 0.3 is 0 Å². The summed E-state index contributed by atoms with van der Waals surface area (Å²) >= 11 is 0. The minimum Gasteiger partial charge on any atom is -0.404 e. The molecule has 0 spiro atoms. The number of benzene rings is 1. The zero-order valence-corrected chi connectivity index (χ0v) is 15.5. The summed E-state index contributed by atoms with van der Waals surface area (Å²) in [4.78, 5) is 4.42. The molecule has 1 fully saturated rings. The number of anilines is 1. The molecular formula is C22H28N4. The molecule has 1 aliphatic rings. The normalized spacial score (nSPS) is 16.7. The second-order valence-corrected chi connectivity index (χ2v) is 6.65. The fourth-order valence-electron chi connectivity index (χ4n) is 3.45. The van der Waals surface area contributed by atoms with Crippen LogP contribution in [0.2, 0.25) is 0 Å². The Kier molecular flexibility index (Phi) is 6.08. The third-order valence-corrected chi connectivity index (χ3v) is 4.89. The predicted molar refractivity (Wildman–Crippen MR) is 111 cm³/mol. The van der Waals surface area contributed by atoms with Gasteiger partial charge in [0.1, 0.15) is 0 Å². The maximum atomic E-state index is 5.98. The summed E-state index contributed by atoms with van der Waals surface area (Å²) in [5.41, 5.74) is 10.5. The molecule has 0 aliphatic carbocycles. The third-order valence-electron chi connectivity index (χ3n) is 4.89. The van der Waals surface area contributed by atoms with Gasteiger partial charge in [-0.3, -0.25) is 4.98 Å². The van der Waals surface area contributed by atoms with Gasteiger partial charge in [0.2, 0.25) is 0 Å². The predicted octanol–water partition coefficient (Wildman–Crippen LogP) is 2.14. The maximum absolute atomic E-state index is 5.98. The number of rotatable bonds is 5. The van der Waals surface area contributed by atoms with Gasteiger partial charge in [-0.25, -0.2) is 0 Å². The van der Waals surface area contributed by atoms with Gasteiger partial charge < -0.3 is 16.4 Å². The molecule has 1 saturated heterocycles. The van der Waals surface area contributed by atoms with E-state index in [1.54, 1.807) is 6.20 Å². The van der Waals surface area contributed by atoms with Crippen LogP contribution in [0.1, 0.15) is 25.5 Å². The largest absolute Gasteiger partial charge is 0.404 e. The van der Waals surface area contributed by atoms with Crippen molar-refractivity contribution in [2.24, 2.45) is 5.73 Å². The number of nitrogens with one attached hydrogen (secondary N) is 2. The second kappa shape index (κ2) is 8.68. The number of aryl methyl sites for hydroxylation is 1. The van der Waals surface area contributed by atoms with Gasteiger partial charge in [-0.1, -0.05) is 25.7 Å². The Morgan fingerprint density at radius 3 is 2.77 bits per heavy atom. The van der Waals surface area contributed by atoms with E-state index in [-0.39, 0.29) is 0 Å². The fourth-order valence-corrected chi connectivity index (χ4v) is 3.45. The molecule has 1 aromatic carbocycles. The van der Waals surface area contributed by atoms with E-state index < -0.39 is 0 Å². The second-order valence-electron chi connectivity index (χ2n) is 6.65. The first-order chi connectivity index (χ1) is 12.7. The Bertz CT molecular complexity index is 880. The van der Waals surface area contributed by atoms with E-state index in [4.69, 9.17) is 5.73 Å². The van der Waals surface area contributed by atoms with Crippen molar-refractivity contribution in [1.82, 2.24) is 10.3 Å². The molecule has 4 heteroatoms. The highest BCUT2D eigenvalue weighted by atomic mass is 15.0. The molecule has 1 aliphatic heterocycles. The molecule has 0 amide bonds. The topological polar surface area (TPSA) is 63.0 Å². The summed E-state index contributed by atoms with van der Waals surface area (Å²) in [7, 11) is 0. The molecule has 1 aromatic heterocycles. The van der Waals surface area contributed by atoms with Crippen molar-refractivity contribution in [2.45, 2.75) is 32.2 Å². The maximum Gasteiger partial charge on any atom is 0.0442 e. The molecule has 0 unspecified atom stereocenters. The molecule has 26 heavy (non-hydrogen) atoms. The van der Waals surface area contributed by atoms with Crippen LogP contribution in [0.4, 0.5) is 5.69 Å². The zero-order chi connectivity index (χ0) is 18.4. The van der Waals surface area contributed by atoms with E-state index in [1.165, 1.54) is 5.56 Å². The van der Waals surface area contributed by atoms with Crippen LogP contribution >= 0.6 is 0 Å². The van der Waals surface area contributed by atoms with E-state index in [0.717, 1.165) is 59.7 Å². The first-order valence-corrected chi connectivity index (χ1v) is 9.36. The highest BCUT2D eigenvalue weighted by Gasteiger charge is 2.14. The summed E-state index contributed by atoms with van der Waals surface area (Å²) in [5.74, 6) is 0. The first kappa shape index (κ1) is 18.2. The Morgan fingerprint density at radius 1 is 1.27 bits per heavy atom. The number of allylic oxidation sites excluding steroid dienone is 1. The minimum absolute atomic E-state index is 0.463. The van der Waals surface area contributed by atoms with E-state index in [1.807, 2.05) is 18.3 Å². The molecule has 0 radical (unpaired) electrons. The Balaban J connectivity index is 2.10. The van der Waals surface area contributed by atoms with Crippen LogP contribution in [0.25, 0.3) is 23.4 Å². The van der Waals surface area contributed by atoms with Crippen molar-refractivity contribution in [3.63, 3.8) is 0 Å². The average molecular weight is 348 g/mol. The van der Waals surface area contributed by atoms with Crippen LogP contribution in [-0.4, -0.2) is 24.1 Å². The lowest BCUT2D eigenvalue weighted by Crippen LogP contribution is -2.38. The van der Waals surface area contributed by atoms with Gasteiger partial charge in [0.15, 0.2) is 0 Å². The summed E-state index contributed by atoms with van der Waals surface area (Å²) in [6.07, 6.45) is 10.5. The van der Waals surface area contributed by atoms with Gasteiger partial charge in [-0.05, 0) is 73.0 Å². The van der Waals surface area contributed by atoms with Crippen molar-refractivity contribution >= 4 is 18.0 Å². The average Bonchev–Trinajstić information content (AvgIpc) is 2.69. The molecule has 3 rings (SSSR count). The molecular weight excluding hydrogens is 320 g/mol. The van der Waals surface area contributed by atoms with E-state index >= 15 is 0 Å². The number of nitrogens with zero attached hydrogens (tertiary/aromatic N) is 1. The highest BCUT2D eigenvalue weighted by molar-refractivity contribution is 5.70. The van der Waals surface area contributed by atoms with Gasteiger partial charge in [0.05, 0.1) is 0 Å². The lowest BCUT2D eigenvalue weighted by atomic mass is 10.0. The number of hydrogen-bond donors (Lipinski definition) is 3. The van der Waals surface area contributed by atoms with Gasteiger partial charge in [-0.15, -0.1) is 0 Å². The van der Waals surface area contributed by atoms with Crippen molar-refractivity contribution < 1.29 is 0 Å². The quantitative estimate of drug-likeness (QED) is 0.775. The van der Waals surface area contributed by atoms with E-state index in [0.29, 0.717) is 6.04 Å². The molecule has 4 N–H and O–H groups in total. The van der Waals surface area contributed by atoms with Gasteiger partial charge in [0.25, 0.3) is 0 Å². The molecule has 136 valence electrons. The number of nitrogens with two attached hydrogens (primary N) is 1. The number of hydrogen-bond acceptors (Lipinski definition) is 4. The van der Waals surface area contributed by atoms with Crippen LogP contribution in [0.5, 0.6) is 0 Å². The van der Waals surface area contributed by atoms with Crippen molar-refractivity contribution in [1.29, 1.82) is 0 Å². The Hall–Kier alpha value is -2.59. The molecule has 2 heterocycles. The van der Waals surface area contributed by atoms with Crippen molar-refractivity contribution in [3.8, 4) is 11.1 Å². The van der Waals surface area contributed by atoms with Crippen LogP contribution < -0.4 is 26.8 Å². The molecule has 0 bridgehead atoms. The van der Waals surface area contributed by atoms with Gasteiger partial charge in [-0.2, -0.15) is 0 Å². The van der Waals surface area contributed by atoms with E-state index in [9.17, 15) is 0 Å². The first-order valence-electron chi connectivity index (χ1n) is 9.36. The van der Waals surface area contributed by atoms with Gasteiger partial charge in [0, 0.05) is 35.0 Å². The Labute approximate surface area is 155 Å². The standard InChI is InChI=1S/C22H28N4/c1-3-5-17-12-18(16-6-11-25-19(4-2)13-16)14-22(21(17)15-23)26-20-7-9-24-10-8-20/h3,5-6,11-15,20,24,26H,1,4,7-10,23H2,2H3/b17-5-,21-15+. The smallest absolute Gasteiger partial charge is 0.0442 e. The summed E-state index contributed by atoms with van der Waals surface area (Å²) in [5, 5.41) is 9.23.